The summed E-state index contributed by atoms with van der Waals surface area (Å²) in [7, 11) is 0. The van der Waals surface area contributed by atoms with E-state index in [4.69, 9.17) is 9.47 Å². The molecule has 0 fully saturated rings. The van der Waals surface area contributed by atoms with Crippen molar-refractivity contribution in [1.29, 1.82) is 0 Å². The molecule has 0 aliphatic carbocycles. The first-order valence-electron chi connectivity index (χ1n) is 8.06. The second-order valence-electron chi connectivity index (χ2n) is 7.68. The van der Waals surface area contributed by atoms with Gasteiger partial charge in [0.1, 0.15) is 11.2 Å². The van der Waals surface area contributed by atoms with E-state index in [0.717, 1.165) is 14.7 Å². The molecule has 1 aromatic carbocycles. The Labute approximate surface area is 163 Å². The van der Waals surface area contributed by atoms with E-state index in [1.54, 1.807) is 0 Å². The zero-order valence-corrected chi connectivity index (χ0v) is 17.8. The highest BCUT2D eigenvalue weighted by atomic mass is 127. The van der Waals surface area contributed by atoms with E-state index in [1.165, 1.54) is 0 Å². The third-order valence-corrected chi connectivity index (χ3v) is 3.31. The second-order valence-corrected chi connectivity index (χ2v) is 8.92. The van der Waals surface area contributed by atoms with Crippen LogP contribution in [0.5, 0.6) is 0 Å². The van der Waals surface area contributed by atoms with E-state index in [9.17, 15) is 9.59 Å². The Morgan fingerprint density at radius 1 is 0.840 bits per heavy atom. The number of amides is 2. The van der Waals surface area contributed by atoms with Crippen molar-refractivity contribution < 1.29 is 19.1 Å². The first kappa shape index (κ1) is 21.5. The number of benzene rings is 1. The molecule has 1 rings (SSSR count). The van der Waals surface area contributed by atoms with Gasteiger partial charge in [0.25, 0.3) is 0 Å². The van der Waals surface area contributed by atoms with Crippen molar-refractivity contribution in [2.24, 2.45) is 0 Å². The highest BCUT2D eigenvalue weighted by Gasteiger charge is 2.17. The van der Waals surface area contributed by atoms with Gasteiger partial charge in [-0.15, -0.1) is 0 Å². The summed E-state index contributed by atoms with van der Waals surface area (Å²) in [4.78, 5) is 23.5. The number of hydrogen-bond acceptors (Lipinski definition) is 4. The van der Waals surface area contributed by atoms with Crippen LogP contribution < -0.4 is 10.6 Å². The number of carbonyl (C=O) groups excluding carboxylic acids is 2. The van der Waals surface area contributed by atoms with Gasteiger partial charge in [-0.1, -0.05) is 6.07 Å². The lowest BCUT2D eigenvalue weighted by molar-refractivity contribution is 0.0513. The molecule has 1 aromatic rings. The van der Waals surface area contributed by atoms with Gasteiger partial charge in [0, 0.05) is 16.7 Å². The lowest BCUT2D eigenvalue weighted by Crippen LogP contribution is -2.32. The number of rotatable bonds is 4. The molecule has 140 valence electrons. The van der Waals surface area contributed by atoms with E-state index >= 15 is 0 Å². The molecule has 0 atom stereocenters. The normalized spacial score (nSPS) is 11.6. The molecule has 2 N–H and O–H groups in total. The molecule has 6 nitrogen and oxygen atoms in total. The van der Waals surface area contributed by atoms with Crippen molar-refractivity contribution in [3.63, 3.8) is 0 Å². The molecule has 7 heteroatoms. The van der Waals surface area contributed by atoms with Crippen LogP contribution in [0.25, 0.3) is 0 Å². The molecule has 25 heavy (non-hydrogen) atoms. The van der Waals surface area contributed by atoms with Crippen molar-refractivity contribution in [2.75, 3.05) is 0 Å². The Balaban J connectivity index is 2.61. The van der Waals surface area contributed by atoms with E-state index < -0.39 is 23.4 Å². The Kier molecular flexibility index (Phi) is 7.52. The van der Waals surface area contributed by atoms with E-state index in [2.05, 4.69) is 33.2 Å². The predicted molar refractivity (Wildman–Crippen MR) is 105 cm³/mol. The van der Waals surface area contributed by atoms with Crippen molar-refractivity contribution in [3.05, 3.63) is 32.9 Å². The largest absolute Gasteiger partial charge is 0.444 e. The number of ether oxygens (including phenoxy) is 2. The molecule has 0 saturated carbocycles. The number of carbonyl (C=O) groups is 2. The molecule has 0 radical (unpaired) electrons. The molecular weight excluding hydrogens is 435 g/mol. The first-order chi connectivity index (χ1) is 11.3. The number of alkyl carbamates (subject to hydrolysis) is 2. The fourth-order valence-electron chi connectivity index (χ4n) is 1.90. The average Bonchev–Trinajstić information content (AvgIpc) is 2.39. The molecular formula is C18H27IN2O4. The maximum Gasteiger partial charge on any atom is 0.407 e. The quantitative estimate of drug-likeness (QED) is 0.653. The monoisotopic (exact) mass is 462 g/mol. The van der Waals surface area contributed by atoms with Crippen molar-refractivity contribution in [2.45, 2.75) is 65.8 Å². The van der Waals surface area contributed by atoms with Crippen LogP contribution in [-0.4, -0.2) is 23.4 Å². The summed E-state index contributed by atoms with van der Waals surface area (Å²) in [6, 6.07) is 5.86. The third-order valence-electron chi connectivity index (χ3n) is 2.69. The highest BCUT2D eigenvalue weighted by Crippen LogP contribution is 2.14. The standard InChI is InChI=1S/C18H27IN2O4/c1-17(2,3)24-15(22)20-10-12-7-13(9-14(19)8-12)11-21-16(23)25-18(4,5)6/h7-9H,10-11H2,1-6H3,(H,20,22)(H,21,23). The predicted octanol–water partition coefficient (Wildman–Crippen LogP) is 4.34. The summed E-state index contributed by atoms with van der Waals surface area (Å²) in [6.07, 6.45) is -0.917. The first-order valence-corrected chi connectivity index (χ1v) is 9.14. The number of hydrogen-bond donors (Lipinski definition) is 2. The van der Waals surface area contributed by atoms with Crippen LogP contribution >= 0.6 is 22.6 Å². The maximum atomic E-state index is 11.7. The van der Waals surface area contributed by atoms with Crippen LogP contribution in [-0.2, 0) is 22.6 Å². The van der Waals surface area contributed by atoms with Gasteiger partial charge >= 0.3 is 12.2 Å². The fraction of sp³-hybridized carbons (Fsp3) is 0.556. The molecule has 0 spiro atoms. The summed E-state index contributed by atoms with van der Waals surface area (Å²) in [5.41, 5.74) is 0.799. The molecule has 0 unspecified atom stereocenters. The zero-order chi connectivity index (χ0) is 19.3. The second kappa shape index (κ2) is 8.73. The summed E-state index contributed by atoms with van der Waals surface area (Å²) >= 11 is 2.20. The minimum atomic E-state index is -0.530. The fourth-order valence-corrected chi connectivity index (χ4v) is 2.70. The number of nitrogens with one attached hydrogen (secondary N) is 2. The van der Waals surface area contributed by atoms with Gasteiger partial charge in [-0.25, -0.2) is 9.59 Å². The maximum absolute atomic E-state index is 11.7. The van der Waals surface area contributed by atoms with Crippen LogP contribution in [0.2, 0.25) is 0 Å². The van der Waals surface area contributed by atoms with Gasteiger partial charge in [0.15, 0.2) is 0 Å². The molecule has 0 aliphatic rings. The van der Waals surface area contributed by atoms with Crippen LogP contribution in [0, 0.1) is 3.57 Å². The average molecular weight is 462 g/mol. The van der Waals surface area contributed by atoms with Gasteiger partial charge in [0.05, 0.1) is 0 Å². The Morgan fingerprint density at radius 2 is 1.20 bits per heavy atom. The number of halogens is 1. The molecule has 0 heterocycles. The minimum Gasteiger partial charge on any atom is -0.444 e. The summed E-state index contributed by atoms with van der Waals surface area (Å²) < 4.78 is 11.5. The topological polar surface area (TPSA) is 76.7 Å². The Bertz CT molecular complexity index is 568. The molecule has 0 bridgehead atoms. The van der Waals surface area contributed by atoms with Gasteiger partial charge in [-0.2, -0.15) is 0 Å². The van der Waals surface area contributed by atoms with E-state index in [1.807, 2.05) is 59.7 Å². The van der Waals surface area contributed by atoms with Gasteiger partial charge in [0.2, 0.25) is 0 Å². The summed E-state index contributed by atoms with van der Waals surface area (Å²) in [6.45, 7) is 11.6. The lowest BCUT2D eigenvalue weighted by atomic mass is 10.1. The van der Waals surface area contributed by atoms with Gasteiger partial charge in [-0.3, -0.25) is 0 Å². The van der Waals surface area contributed by atoms with Crippen molar-refractivity contribution in [3.8, 4) is 0 Å². The highest BCUT2D eigenvalue weighted by molar-refractivity contribution is 14.1. The Morgan fingerprint density at radius 3 is 1.52 bits per heavy atom. The third kappa shape index (κ3) is 10.2. The van der Waals surface area contributed by atoms with Gasteiger partial charge < -0.3 is 20.1 Å². The van der Waals surface area contributed by atoms with Crippen LogP contribution in [0.1, 0.15) is 52.7 Å². The lowest BCUT2D eigenvalue weighted by Gasteiger charge is -2.20. The smallest absolute Gasteiger partial charge is 0.407 e. The zero-order valence-electron chi connectivity index (χ0n) is 15.7. The van der Waals surface area contributed by atoms with Crippen LogP contribution in [0.15, 0.2) is 18.2 Å². The van der Waals surface area contributed by atoms with Crippen LogP contribution in [0.4, 0.5) is 9.59 Å². The molecule has 0 saturated heterocycles. The Hall–Kier alpha value is -1.51. The minimum absolute atomic E-state index is 0.352. The van der Waals surface area contributed by atoms with Gasteiger partial charge in [-0.05, 0) is 87.4 Å². The van der Waals surface area contributed by atoms with Crippen molar-refractivity contribution in [1.82, 2.24) is 10.6 Å². The molecule has 0 aromatic heterocycles. The summed E-state index contributed by atoms with van der Waals surface area (Å²) in [5, 5.41) is 5.46. The summed E-state index contributed by atoms with van der Waals surface area (Å²) in [5.74, 6) is 0. The van der Waals surface area contributed by atoms with Crippen molar-refractivity contribution >= 4 is 34.8 Å². The molecule has 0 aliphatic heterocycles. The SMILES string of the molecule is CC(C)(C)OC(=O)NCc1cc(I)cc(CNC(=O)OC(C)(C)C)c1. The molecule has 2 amide bonds. The van der Waals surface area contributed by atoms with E-state index in [0.29, 0.717) is 13.1 Å². The van der Waals surface area contributed by atoms with E-state index in [-0.39, 0.29) is 0 Å². The van der Waals surface area contributed by atoms with Crippen LogP contribution in [0.3, 0.4) is 0 Å².